The molecule has 2 heteroatoms. The minimum Gasteiger partial charge on any atom is -0.324 e. The van der Waals surface area contributed by atoms with Crippen molar-refractivity contribution in [3.8, 4) is 0 Å². The van der Waals surface area contributed by atoms with Crippen molar-refractivity contribution in [1.29, 1.82) is 0 Å². The van der Waals surface area contributed by atoms with E-state index in [1.807, 2.05) is 30.3 Å². The molecule has 110 valence electrons. The maximum absolute atomic E-state index is 12.1. The van der Waals surface area contributed by atoms with E-state index in [0.717, 1.165) is 11.1 Å². The Labute approximate surface area is 127 Å². The van der Waals surface area contributed by atoms with Gasteiger partial charge in [-0.25, -0.2) is 0 Å². The van der Waals surface area contributed by atoms with Gasteiger partial charge in [0, 0.05) is 18.9 Å². The van der Waals surface area contributed by atoms with Crippen molar-refractivity contribution in [1.82, 2.24) is 0 Å². The fraction of sp³-hybridized carbons (Fsp3) is 0.316. The van der Waals surface area contributed by atoms with Crippen LogP contribution in [0.15, 0.2) is 48.5 Å². The number of hydrogen-bond donors (Lipinski definition) is 1. The van der Waals surface area contributed by atoms with Gasteiger partial charge >= 0.3 is 0 Å². The summed E-state index contributed by atoms with van der Waals surface area (Å²) in [5.74, 6) is 0.256. The fourth-order valence-corrected chi connectivity index (χ4v) is 2.67. The highest BCUT2D eigenvalue weighted by molar-refractivity contribution is 5.81. The SMILES string of the molecule is Cc1cc(C)cc(CC(=O)CCC(N)c2ccccc2)c1. The summed E-state index contributed by atoms with van der Waals surface area (Å²) < 4.78 is 0. The van der Waals surface area contributed by atoms with E-state index in [-0.39, 0.29) is 11.8 Å². The second-order valence-corrected chi connectivity index (χ2v) is 5.77. The van der Waals surface area contributed by atoms with Crippen molar-refractivity contribution in [2.24, 2.45) is 5.73 Å². The van der Waals surface area contributed by atoms with E-state index in [9.17, 15) is 4.79 Å². The van der Waals surface area contributed by atoms with E-state index in [4.69, 9.17) is 5.73 Å². The molecule has 0 spiro atoms. The van der Waals surface area contributed by atoms with E-state index >= 15 is 0 Å². The number of rotatable bonds is 6. The molecule has 0 fully saturated rings. The Morgan fingerprint density at radius 2 is 1.67 bits per heavy atom. The van der Waals surface area contributed by atoms with Crippen LogP contribution in [0.3, 0.4) is 0 Å². The molecule has 2 rings (SSSR count). The number of aryl methyl sites for hydroxylation is 2. The van der Waals surface area contributed by atoms with Crippen molar-refractivity contribution in [2.75, 3.05) is 0 Å². The maximum atomic E-state index is 12.1. The lowest BCUT2D eigenvalue weighted by Gasteiger charge is -2.11. The van der Waals surface area contributed by atoms with Crippen LogP contribution in [0.2, 0.25) is 0 Å². The van der Waals surface area contributed by atoms with Crippen LogP contribution >= 0.6 is 0 Å². The van der Waals surface area contributed by atoms with Crippen LogP contribution in [-0.4, -0.2) is 5.78 Å². The lowest BCUT2D eigenvalue weighted by atomic mass is 9.98. The molecule has 2 N–H and O–H groups in total. The number of Topliss-reactive ketones (excluding diaryl/α,β-unsaturated/α-hetero) is 1. The zero-order chi connectivity index (χ0) is 15.2. The minimum absolute atomic E-state index is 0.0607. The quantitative estimate of drug-likeness (QED) is 0.872. The van der Waals surface area contributed by atoms with E-state index in [2.05, 4.69) is 32.0 Å². The Balaban J connectivity index is 1.87. The highest BCUT2D eigenvalue weighted by Gasteiger charge is 2.10. The number of carbonyl (C=O) groups excluding carboxylic acids is 1. The van der Waals surface area contributed by atoms with Gasteiger partial charge in [0.1, 0.15) is 5.78 Å². The summed E-state index contributed by atoms with van der Waals surface area (Å²) in [6.45, 7) is 4.12. The summed E-state index contributed by atoms with van der Waals surface area (Å²) in [6.07, 6.45) is 1.74. The third-order valence-corrected chi connectivity index (χ3v) is 3.64. The van der Waals surface area contributed by atoms with Crippen LogP contribution in [0, 0.1) is 13.8 Å². The third kappa shape index (κ3) is 4.83. The molecule has 2 aromatic carbocycles. The second-order valence-electron chi connectivity index (χ2n) is 5.77. The van der Waals surface area contributed by atoms with Crippen LogP contribution in [0.1, 0.15) is 41.1 Å². The standard InChI is InChI=1S/C19H23NO/c1-14-10-15(2)12-16(11-14)13-18(21)8-9-19(20)17-6-4-3-5-7-17/h3-7,10-12,19H,8-9,13,20H2,1-2H3. The van der Waals surface area contributed by atoms with E-state index in [1.165, 1.54) is 11.1 Å². The Hall–Kier alpha value is -1.93. The van der Waals surface area contributed by atoms with Crippen molar-refractivity contribution < 1.29 is 4.79 Å². The molecule has 1 unspecified atom stereocenters. The van der Waals surface area contributed by atoms with Crippen LogP contribution in [0.4, 0.5) is 0 Å². The summed E-state index contributed by atoms with van der Waals surface area (Å²) in [6, 6.07) is 16.2. The van der Waals surface area contributed by atoms with Gasteiger partial charge in [0.25, 0.3) is 0 Å². The number of nitrogens with two attached hydrogens (primary N) is 1. The van der Waals surface area contributed by atoms with Crippen molar-refractivity contribution in [3.63, 3.8) is 0 Å². The zero-order valence-electron chi connectivity index (χ0n) is 12.8. The normalized spacial score (nSPS) is 12.1. The molecular weight excluding hydrogens is 258 g/mol. The first-order chi connectivity index (χ1) is 10.0. The van der Waals surface area contributed by atoms with E-state index in [1.54, 1.807) is 0 Å². The molecule has 0 bridgehead atoms. The van der Waals surface area contributed by atoms with Gasteiger partial charge in [0.05, 0.1) is 0 Å². The topological polar surface area (TPSA) is 43.1 Å². The summed E-state index contributed by atoms with van der Waals surface area (Å²) in [7, 11) is 0. The highest BCUT2D eigenvalue weighted by Crippen LogP contribution is 2.17. The Morgan fingerprint density at radius 1 is 1.05 bits per heavy atom. The lowest BCUT2D eigenvalue weighted by Crippen LogP contribution is -2.13. The van der Waals surface area contributed by atoms with Crippen LogP contribution in [-0.2, 0) is 11.2 Å². The molecule has 0 heterocycles. The molecule has 1 atom stereocenters. The Morgan fingerprint density at radius 3 is 2.29 bits per heavy atom. The first-order valence-corrected chi connectivity index (χ1v) is 7.44. The van der Waals surface area contributed by atoms with Gasteiger partial charge in [-0.05, 0) is 31.4 Å². The maximum Gasteiger partial charge on any atom is 0.137 e. The van der Waals surface area contributed by atoms with Gasteiger partial charge in [-0.15, -0.1) is 0 Å². The predicted octanol–water partition coefficient (Wildman–Crippen LogP) is 3.90. The number of benzene rings is 2. The van der Waals surface area contributed by atoms with Gasteiger partial charge in [0.2, 0.25) is 0 Å². The van der Waals surface area contributed by atoms with E-state index < -0.39 is 0 Å². The summed E-state index contributed by atoms with van der Waals surface area (Å²) in [4.78, 5) is 12.1. The molecule has 0 aliphatic rings. The van der Waals surface area contributed by atoms with Crippen molar-refractivity contribution in [2.45, 2.75) is 39.2 Å². The number of ketones is 1. The molecule has 21 heavy (non-hydrogen) atoms. The molecule has 0 amide bonds. The van der Waals surface area contributed by atoms with Gasteiger partial charge in [-0.2, -0.15) is 0 Å². The van der Waals surface area contributed by atoms with Gasteiger partial charge in [0.15, 0.2) is 0 Å². The van der Waals surface area contributed by atoms with Gasteiger partial charge < -0.3 is 5.73 Å². The lowest BCUT2D eigenvalue weighted by molar-refractivity contribution is -0.118. The van der Waals surface area contributed by atoms with Gasteiger partial charge in [-0.1, -0.05) is 59.7 Å². The molecule has 2 aromatic rings. The second kappa shape index (κ2) is 7.19. The molecule has 0 radical (unpaired) electrons. The van der Waals surface area contributed by atoms with Gasteiger partial charge in [-0.3, -0.25) is 4.79 Å². The largest absolute Gasteiger partial charge is 0.324 e. The average Bonchev–Trinajstić information content (AvgIpc) is 2.44. The predicted molar refractivity (Wildman–Crippen MR) is 87.2 cm³/mol. The summed E-state index contributed by atoms with van der Waals surface area (Å²) >= 11 is 0. The van der Waals surface area contributed by atoms with Crippen LogP contribution in [0.25, 0.3) is 0 Å². The summed E-state index contributed by atoms with van der Waals surface area (Å²) in [5, 5.41) is 0. The van der Waals surface area contributed by atoms with E-state index in [0.29, 0.717) is 19.3 Å². The molecule has 0 saturated carbocycles. The minimum atomic E-state index is -0.0607. The molecule has 0 aliphatic carbocycles. The molecule has 0 aromatic heterocycles. The highest BCUT2D eigenvalue weighted by atomic mass is 16.1. The summed E-state index contributed by atoms with van der Waals surface area (Å²) in [5.41, 5.74) is 10.7. The molecule has 2 nitrogen and oxygen atoms in total. The zero-order valence-corrected chi connectivity index (χ0v) is 12.8. The van der Waals surface area contributed by atoms with Crippen molar-refractivity contribution >= 4 is 5.78 Å². The first-order valence-electron chi connectivity index (χ1n) is 7.44. The molecular formula is C19H23NO. The van der Waals surface area contributed by atoms with Crippen molar-refractivity contribution in [3.05, 3.63) is 70.8 Å². The van der Waals surface area contributed by atoms with Crippen LogP contribution < -0.4 is 5.73 Å². The Bertz CT molecular complexity index is 584. The third-order valence-electron chi connectivity index (χ3n) is 3.64. The smallest absolute Gasteiger partial charge is 0.137 e. The molecule has 0 aliphatic heterocycles. The molecule has 0 saturated heterocycles. The Kier molecular flexibility index (Phi) is 5.29. The van der Waals surface area contributed by atoms with Crippen LogP contribution in [0.5, 0.6) is 0 Å². The fourth-order valence-electron chi connectivity index (χ4n) is 2.67. The first kappa shape index (κ1) is 15.5. The monoisotopic (exact) mass is 281 g/mol. The number of hydrogen-bond acceptors (Lipinski definition) is 2. The number of carbonyl (C=O) groups is 1. The average molecular weight is 281 g/mol.